The molecule has 0 bridgehead atoms. The molecule has 3 aromatic carbocycles. The minimum atomic E-state index is -3.70. The van der Waals surface area contributed by atoms with Gasteiger partial charge in [-0.2, -0.15) is 10.1 Å². The number of carbonyl (C=O) groups excluding carboxylic acids is 1. The molecule has 0 aliphatic carbocycles. The topological polar surface area (TPSA) is 145 Å². The van der Waals surface area contributed by atoms with Crippen LogP contribution in [0.25, 0.3) is 21.9 Å². The summed E-state index contributed by atoms with van der Waals surface area (Å²) in [6.07, 6.45) is 5.87. The lowest BCUT2D eigenvalue weighted by atomic mass is 10.0. The Labute approximate surface area is 309 Å². The normalized spacial score (nSPS) is 13.7. The van der Waals surface area contributed by atoms with Crippen molar-refractivity contribution in [3.63, 3.8) is 0 Å². The number of ether oxygens (including phenoxy) is 2. The maximum absolute atomic E-state index is 13.9. The molecule has 2 aromatic heterocycles. The quantitative estimate of drug-likeness (QED) is 0.131. The SMILES string of the molecule is CCc1cnc(Nc2cc(-c3cnn(C)c3)c(N3CCN(C(=O)OC(C)(C)C)CC3)cc2OC)nc1Nc1ccc2ccccc2c1P(=O)(OC)OC. The van der Waals surface area contributed by atoms with Crippen LogP contribution < -0.4 is 25.6 Å². The molecule has 1 amide bonds. The lowest BCUT2D eigenvalue weighted by Crippen LogP contribution is -2.50. The Morgan fingerprint density at radius 2 is 1.68 bits per heavy atom. The van der Waals surface area contributed by atoms with Crippen LogP contribution in [0, 0.1) is 0 Å². The number of carbonyl (C=O) groups is 1. The smallest absolute Gasteiger partial charge is 0.410 e. The summed E-state index contributed by atoms with van der Waals surface area (Å²) >= 11 is 0. The van der Waals surface area contributed by atoms with Gasteiger partial charge in [-0.3, -0.25) is 9.25 Å². The maximum atomic E-state index is 13.9. The van der Waals surface area contributed by atoms with E-state index in [1.54, 1.807) is 22.9 Å². The third-order valence-electron chi connectivity index (χ3n) is 9.01. The van der Waals surface area contributed by atoms with E-state index in [0.717, 1.165) is 33.2 Å². The van der Waals surface area contributed by atoms with Crippen LogP contribution in [0.4, 0.5) is 33.6 Å². The zero-order chi connectivity index (χ0) is 37.9. The molecule has 53 heavy (non-hydrogen) atoms. The van der Waals surface area contributed by atoms with Crippen molar-refractivity contribution in [2.45, 2.75) is 39.7 Å². The van der Waals surface area contributed by atoms with Gasteiger partial charge in [-0.25, -0.2) is 9.78 Å². The van der Waals surface area contributed by atoms with Crippen LogP contribution in [0.1, 0.15) is 33.3 Å². The van der Waals surface area contributed by atoms with Crippen molar-refractivity contribution in [3.8, 4) is 16.9 Å². The Morgan fingerprint density at radius 3 is 2.32 bits per heavy atom. The number of rotatable bonds is 11. The molecule has 3 heterocycles. The maximum Gasteiger partial charge on any atom is 0.410 e. The summed E-state index contributed by atoms with van der Waals surface area (Å²) in [4.78, 5) is 26.3. The number of piperazine rings is 1. The number of fused-ring (bicyclic) bond motifs is 1. The number of nitrogens with zero attached hydrogens (tertiary/aromatic N) is 6. The average molecular weight is 743 g/mol. The van der Waals surface area contributed by atoms with E-state index in [0.29, 0.717) is 66.8 Å². The van der Waals surface area contributed by atoms with Gasteiger partial charge in [0.2, 0.25) is 5.95 Å². The molecular weight excluding hydrogens is 695 g/mol. The second-order valence-electron chi connectivity index (χ2n) is 13.6. The van der Waals surface area contributed by atoms with Gasteiger partial charge in [-0.1, -0.05) is 37.3 Å². The summed E-state index contributed by atoms with van der Waals surface area (Å²) < 4.78 is 38.2. The molecule has 0 saturated carbocycles. The van der Waals surface area contributed by atoms with Crippen molar-refractivity contribution in [3.05, 3.63) is 72.7 Å². The van der Waals surface area contributed by atoms with Gasteiger partial charge in [-0.15, -0.1) is 0 Å². The minimum Gasteiger partial charge on any atom is -0.494 e. The van der Waals surface area contributed by atoms with Crippen molar-refractivity contribution in [2.24, 2.45) is 7.05 Å². The molecule has 6 rings (SSSR count). The van der Waals surface area contributed by atoms with E-state index < -0.39 is 13.2 Å². The largest absolute Gasteiger partial charge is 0.494 e. The molecule has 15 heteroatoms. The standard InChI is InChI=1S/C38H47N8O6P/c1-9-25-22-39-36(43-35(25)41-30-15-14-26-12-10-11-13-28(26)34(30)53(48,50-7)51-8)42-31-20-29(27-23-40-44(5)24-27)32(21-33(31)49-6)45-16-18-46(19-17-45)37(47)52-38(2,3)4/h10-15,20-24H,9,16-19H2,1-8H3,(H2,39,41,42,43). The number of aryl methyl sites for hydroxylation is 2. The molecule has 0 spiro atoms. The van der Waals surface area contributed by atoms with Crippen LogP contribution in [-0.4, -0.2) is 83.9 Å². The van der Waals surface area contributed by atoms with E-state index in [1.165, 1.54) is 14.2 Å². The molecule has 0 unspecified atom stereocenters. The Balaban J connectivity index is 1.34. The van der Waals surface area contributed by atoms with Crippen LogP contribution in [0.2, 0.25) is 0 Å². The van der Waals surface area contributed by atoms with Crippen LogP contribution in [0.3, 0.4) is 0 Å². The second kappa shape index (κ2) is 15.4. The molecule has 0 atom stereocenters. The highest BCUT2D eigenvalue weighted by Gasteiger charge is 2.31. The van der Waals surface area contributed by atoms with Crippen molar-refractivity contribution in [1.29, 1.82) is 0 Å². The van der Waals surface area contributed by atoms with E-state index in [9.17, 15) is 9.36 Å². The van der Waals surface area contributed by atoms with Gasteiger partial charge in [0.1, 0.15) is 17.2 Å². The van der Waals surface area contributed by atoms with Crippen LogP contribution in [0.15, 0.2) is 67.1 Å². The molecule has 5 aromatic rings. The molecule has 0 radical (unpaired) electrons. The first-order valence-corrected chi connectivity index (χ1v) is 19.0. The number of hydrogen-bond donors (Lipinski definition) is 2. The molecule has 1 fully saturated rings. The van der Waals surface area contributed by atoms with E-state index in [2.05, 4.69) is 25.6 Å². The van der Waals surface area contributed by atoms with Gasteiger partial charge in [0, 0.05) is 88.3 Å². The first kappa shape index (κ1) is 37.6. The average Bonchev–Trinajstić information content (AvgIpc) is 3.59. The van der Waals surface area contributed by atoms with Crippen LogP contribution >= 0.6 is 7.60 Å². The van der Waals surface area contributed by atoms with E-state index in [1.807, 2.05) is 95.7 Å². The summed E-state index contributed by atoms with van der Waals surface area (Å²) in [6.45, 7) is 9.86. The van der Waals surface area contributed by atoms with Gasteiger partial charge >= 0.3 is 13.7 Å². The third kappa shape index (κ3) is 8.09. The summed E-state index contributed by atoms with van der Waals surface area (Å²) in [5.41, 5.74) is 4.26. The highest BCUT2D eigenvalue weighted by atomic mass is 31.2. The molecular formula is C38H47N8O6P. The van der Waals surface area contributed by atoms with Crippen molar-refractivity contribution in [2.75, 3.05) is 63.0 Å². The second-order valence-corrected chi connectivity index (χ2v) is 15.8. The van der Waals surface area contributed by atoms with E-state index >= 15 is 0 Å². The Kier molecular flexibility index (Phi) is 10.9. The fourth-order valence-corrected chi connectivity index (χ4v) is 7.77. The Morgan fingerprint density at radius 1 is 0.943 bits per heavy atom. The molecule has 2 N–H and O–H groups in total. The zero-order valence-electron chi connectivity index (χ0n) is 31.5. The van der Waals surface area contributed by atoms with Gasteiger partial charge in [0.15, 0.2) is 0 Å². The summed E-state index contributed by atoms with van der Waals surface area (Å²) in [5.74, 6) is 1.44. The predicted octanol–water partition coefficient (Wildman–Crippen LogP) is 7.26. The number of anilines is 5. The van der Waals surface area contributed by atoms with E-state index in [4.69, 9.17) is 23.5 Å². The molecule has 14 nitrogen and oxygen atoms in total. The summed E-state index contributed by atoms with van der Waals surface area (Å²) in [7, 11) is 2.55. The number of amides is 1. The highest BCUT2D eigenvalue weighted by Crippen LogP contribution is 2.49. The summed E-state index contributed by atoms with van der Waals surface area (Å²) in [5, 5.41) is 13.3. The molecule has 1 aliphatic heterocycles. The number of aromatic nitrogens is 4. The van der Waals surface area contributed by atoms with Crippen LogP contribution in [-0.2, 0) is 31.8 Å². The Hall–Kier alpha value is -5.17. The number of hydrogen-bond acceptors (Lipinski definition) is 12. The minimum absolute atomic E-state index is 0.312. The molecule has 1 saturated heterocycles. The Bertz CT molecular complexity index is 2150. The third-order valence-corrected chi connectivity index (χ3v) is 11.0. The highest BCUT2D eigenvalue weighted by molar-refractivity contribution is 7.63. The summed E-state index contributed by atoms with van der Waals surface area (Å²) in [6, 6.07) is 15.5. The lowest BCUT2D eigenvalue weighted by Gasteiger charge is -2.37. The van der Waals surface area contributed by atoms with Gasteiger partial charge < -0.3 is 39.0 Å². The van der Waals surface area contributed by atoms with Gasteiger partial charge in [-0.05, 0) is 50.1 Å². The van der Waals surface area contributed by atoms with Crippen molar-refractivity contribution >= 4 is 58.6 Å². The van der Waals surface area contributed by atoms with Gasteiger partial charge in [0.25, 0.3) is 0 Å². The van der Waals surface area contributed by atoms with E-state index in [-0.39, 0.29) is 6.09 Å². The van der Waals surface area contributed by atoms with Crippen LogP contribution in [0.5, 0.6) is 5.75 Å². The zero-order valence-corrected chi connectivity index (χ0v) is 32.4. The fraction of sp³-hybridized carbons (Fsp3) is 0.368. The monoisotopic (exact) mass is 742 g/mol. The first-order valence-electron chi connectivity index (χ1n) is 17.4. The number of methoxy groups -OCH3 is 1. The molecule has 280 valence electrons. The number of benzene rings is 3. The lowest BCUT2D eigenvalue weighted by molar-refractivity contribution is 0.0240. The fourth-order valence-electron chi connectivity index (χ4n) is 6.34. The first-order chi connectivity index (χ1) is 25.4. The predicted molar refractivity (Wildman–Crippen MR) is 208 cm³/mol. The van der Waals surface area contributed by atoms with Crippen molar-refractivity contribution < 1.29 is 27.9 Å². The van der Waals surface area contributed by atoms with Crippen molar-refractivity contribution in [1.82, 2.24) is 24.6 Å². The molecule has 1 aliphatic rings. The van der Waals surface area contributed by atoms with Gasteiger partial charge in [0.05, 0.1) is 30.0 Å². The number of nitrogens with one attached hydrogen (secondary N) is 2.